The van der Waals surface area contributed by atoms with E-state index in [0.717, 1.165) is 43.7 Å². The first-order valence-electron chi connectivity index (χ1n) is 7.81. The lowest BCUT2D eigenvalue weighted by Crippen LogP contribution is -2.32. The summed E-state index contributed by atoms with van der Waals surface area (Å²) in [4.78, 5) is 2.43. The van der Waals surface area contributed by atoms with Crippen LogP contribution >= 0.6 is 15.9 Å². The lowest BCUT2D eigenvalue weighted by molar-refractivity contribution is 0.204. The summed E-state index contributed by atoms with van der Waals surface area (Å²) in [7, 11) is 1.76. The molecule has 0 saturated heterocycles. The molecular formula is C17H29BrN2O. The topological polar surface area (TPSA) is 24.5 Å². The molecule has 0 fully saturated rings. The van der Waals surface area contributed by atoms with Crippen molar-refractivity contribution in [2.24, 2.45) is 5.92 Å². The molecule has 0 radical (unpaired) electrons. The Morgan fingerprint density at radius 2 is 2.10 bits per heavy atom. The molecule has 3 nitrogen and oxygen atoms in total. The van der Waals surface area contributed by atoms with Crippen molar-refractivity contribution in [1.29, 1.82) is 0 Å². The maximum atomic E-state index is 5.28. The predicted molar refractivity (Wildman–Crippen MR) is 95.1 cm³/mol. The van der Waals surface area contributed by atoms with Crippen LogP contribution in [0, 0.1) is 5.92 Å². The molecular weight excluding hydrogens is 328 g/mol. The van der Waals surface area contributed by atoms with Crippen LogP contribution in [-0.2, 0) is 11.3 Å². The third kappa shape index (κ3) is 6.81. The molecule has 0 aliphatic rings. The van der Waals surface area contributed by atoms with Gasteiger partial charge in [-0.3, -0.25) is 0 Å². The van der Waals surface area contributed by atoms with Gasteiger partial charge in [0.1, 0.15) is 0 Å². The number of hydrogen-bond acceptors (Lipinski definition) is 3. The van der Waals surface area contributed by atoms with Crippen LogP contribution in [0.5, 0.6) is 0 Å². The fraction of sp³-hybridized carbons (Fsp3) is 0.647. The van der Waals surface area contributed by atoms with Crippen molar-refractivity contribution in [3.63, 3.8) is 0 Å². The Balaban J connectivity index is 2.93. The summed E-state index contributed by atoms with van der Waals surface area (Å²) in [5.74, 6) is 0.622. The molecule has 0 aromatic heterocycles. The van der Waals surface area contributed by atoms with Crippen molar-refractivity contribution in [3.05, 3.63) is 28.2 Å². The van der Waals surface area contributed by atoms with Gasteiger partial charge in [0.15, 0.2) is 0 Å². The van der Waals surface area contributed by atoms with E-state index in [-0.39, 0.29) is 0 Å². The number of anilines is 1. The standard InChI is InChI=1S/C17H29BrN2O/c1-5-8-19-12-15-6-7-16(18)11-17(15)20(9-10-21-4)13-14(2)3/h6-7,11,14,19H,5,8-10,12-13H2,1-4H3. The molecule has 120 valence electrons. The van der Waals surface area contributed by atoms with E-state index < -0.39 is 0 Å². The van der Waals surface area contributed by atoms with E-state index in [1.165, 1.54) is 11.3 Å². The highest BCUT2D eigenvalue weighted by Crippen LogP contribution is 2.26. The minimum atomic E-state index is 0.622. The predicted octanol–water partition coefficient (Wildman–Crippen LogP) is 4.06. The van der Waals surface area contributed by atoms with Crippen molar-refractivity contribution >= 4 is 21.6 Å². The van der Waals surface area contributed by atoms with Gasteiger partial charge in [-0.15, -0.1) is 0 Å². The zero-order valence-corrected chi connectivity index (χ0v) is 15.4. The number of rotatable bonds is 10. The third-order valence-electron chi connectivity index (χ3n) is 3.28. The number of methoxy groups -OCH3 is 1. The van der Waals surface area contributed by atoms with Crippen LogP contribution in [0.4, 0.5) is 5.69 Å². The zero-order valence-electron chi connectivity index (χ0n) is 13.8. The molecule has 1 N–H and O–H groups in total. The summed E-state index contributed by atoms with van der Waals surface area (Å²) < 4.78 is 6.40. The molecule has 1 aromatic carbocycles. The van der Waals surface area contributed by atoms with Crippen LogP contribution in [0.2, 0.25) is 0 Å². The molecule has 0 amide bonds. The number of ether oxygens (including phenoxy) is 1. The van der Waals surface area contributed by atoms with Crippen LogP contribution in [0.3, 0.4) is 0 Å². The van der Waals surface area contributed by atoms with E-state index in [1.807, 2.05) is 0 Å². The van der Waals surface area contributed by atoms with Gasteiger partial charge in [0, 0.05) is 36.9 Å². The number of nitrogens with zero attached hydrogens (tertiary/aromatic N) is 1. The van der Waals surface area contributed by atoms with Gasteiger partial charge in [-0.1, -0.05) is 42.8 Å². The Kier molecular flexibility index (Phi) is 8.97. The van der Waals surface area contributed by atoms with E-state index in [0.29, 0.717) is 5.92 Å². The normalized spacial score (nSPS) is 11.1. The van der Waals surface area contributed by atoms with Gasteiger partial charge in [0.25, 0.3) is 0 Å². The van der Waals surface area contributed by atoms with Crippen LogP contribution < -0.4 is 10.2 Å². The zero-order chi connectivity index (χ0) is 15.7. The van der Waals surface area contributed by atoms with Crippen molar-refractivity contribution in [2.45, 2.75) is 33.7 Å². The maximum absolute atomic E-state index is 5.28. The van der Waals surface area contributed by atoms with Crippen LogP contribution in [-0.4, -0.2) is 33.4 Å². The fourth-order valence-corrected chi connectivity index (χ4v) is 2.68. The van der Waals surface area contributed by atoms with Gasteiger partial charge in [0.2, 0.25) is 0 Å². The number of benzene rings is 1. The van der Waals surface area contributed by atoms with Gasteiger partial charge >= 0.3 is 0 Å². The summed E-state index contributed by atoms with van der Waals surface area (Å²) in [5, 5.41) is 3.50. The van der Waals surface area contributed by atoms with Crippen LogP contribution in [0.25, 0.3) is 0 Å². The van der Waals surface area contributed by atoms with Crippen molar-refractivity contribution in [1.82, 2.24) is 5.32 Å². The second-order valence-corrected chi connectivity index (χ2v) is 6.70. The highest BCUT2D eigenvalue weighted by molar-refractivity contribution is 9.10. The minimum Gasteiger partial charge on any atom is -0.383 e. The van der Waals surface area contributed by atoms with E-state index in [2.05, 4.69) is 65.1 Å². The summed E-state index contributed by atoms with van der Waals surface area (Å²) >= 11 is 3.60. The maximum Gasteiger partial charge on any atom is 0.0637 e. The molecule has 0 aliphatic carbocycles. The molecule has 1 aromatic rings. The summed E-state index contributed by atoms with van der Waals surface area (Å²) in [6, 6.07) is 6.56. The average molecular weight is 357 g/mol. The van der Waals surface area contributed by atoms with Gasteiger partial charge in [0.05, 0.1) is 6.61 Å². The Morgan fingerprint density at radius 3 is 2.71 bits per heavy atom. The van der Waals surface area contributed by atoms with Crippen molar-refractivity contribution < 1.29 is 4.74 Å². The summed E-state index contributed by atoms with van der Waals surface area (Å²) in [6.07, 6.45) is 1.16. The number of hydrogen-bond donors (Lipinski definition) is 1. The second-order valence-electron chi connectivity index (χ2n) is 5.78. The molecule has 0 saturated carbocycles. The Morgan fingerprint density at radius 1 is 1.33 bits per heavy atom. The van der Waals surface area contributed by atoms with Gasteiger partial charge < -0.3 is 15.0 Å². The molecule has 0 aliphatic heterocycles. The number of nitrogens with one attached hydrogen (secondary N) is 1. The smallest absolute Gasteiger partial charge is 0.0637 e. The van der Waals surface area contributed by atoms with E-state index in [9.17, 15) is 0 Å². The molecule has 0 atom stereocenters. The first-order chi connectivity index (χ1) is 10.1. The highest BCUT2D eigenvalue weighted by Gasteiger charge is 2.13. The molecule has 0 bridgehead atoms. The molecule has 4 heteroatoms. The van der Waals surface area contributed by atoms with Crippen LogP contribution in [0.1, 0.15) is 32.8 Å². The van der Waals surface area contributed by atoms with Gasteiger partial charge in [-0.2, -0.15) is 0 Å². The lowest BCUT2D eigenvalue weighted by Gasteiger charge is -2.29. The molecule has 0 heterocycles. The third-order valence-corrected chi connectivity index (χ3v) is 3.77. The van der Waals surface area contributed by atoms with E-state index in [1.54, 1.807) is 7.11 Å². The second kappa shape index (κ2) is 10.2. The largest absolute Gasteiger partial charge is 0.383 e. The summed E-state index contributed by atoms with van der Waals surface area (Å²) in [6.45, 7) is 11.4. The molecule has 0 spiro atoms. The fourth-order valence-electron chi connectivity index (χ4n) is 2.33. The SMILES string of the molecule is CCCNCc1ccc(Br)cc1N(CCOC)CC(C)C. The molecule has 1 rings (SSSR count). The van der Waals surface area contributed by atoms with Crippen LogP contribution in [0.15, 0.2) is 22.7 Å². The first-order valence-corrected chi connectivity index (χ1v) is 8.60. The Bertz CT molecular complexity index is 410. The monoisotopic (exact) mass is 356 g/mol. The van der Waals surface area contributed by atoms with Gasteiger partial charge in [-0.25, -0.2) is 0 Å². The first kappa shape index (κ1) is 18.5. The van der Waals surface area contributed by atoms with Crippen molar-refractivity contribution in [3.8, 4) is 0 Å². The molecule has 0 unspecified atom stereocenters. The minimum absolute atomic E-state index is 0.622. The number of halogens is 1. The van der Waals surface area contributed by atoms with E-state index in [4.69, 9.17) is 4.74 Å². The molecule has 21 heavy (non-hydrogen) atoms. The Labute approximate surface area is 138 Å². The summed E-state index contributed by atoms with van der Waals surface area (Å²) in [5.41, 5.74) is 2.65. The highest BCUT2D eigenvalue weighted by atomic mass is 79.9. The van der Waals surface area contributed by atoms with Gasteiger partial charge in [-0.05, 0) is 36.6 Å². The Hall–Kier alpha value is -0.580. The average Bonchev–Trinajstić information content (AvgIpc) is 2.45. The van der Waals surface area contributed by atoms with E-state index >= 15 is 0 Å². The quantitative estimate of drug-likeness (QED) is 0.639. The lowest BCUT2D eigenvalue weighted by atomic mass is 10.1. The van der Waals surface area contributed by atoms with Crippen molar-refractivity contribution in [2.75, 3.05) is 38.3 Å².